The van der Waals surface area contributed by atoms with Crippen molar-refractivity contribution in [3.05, 3.63) is 15.8 Å². The molecule has 1 saturated carbocycles. The van der Waals surface area contributed by atoms with E-state index in [1.165, 1.54) is 22.6 Å². The Hall–Kier alpha value is -0.540. The Morgan fingerprint density at radius 2 is 2.36 bits per heavy atom. The Bertz CT molecular complexity index is 304. The molecule has 1 N–H and O–H groups in total. The number of rotatable bonds is 5. The molecule has 2 rings (SSSR count). The van der Waals surface area contributed by atoms with Gasteiger partial charge in [-0.05, 0) is 44.8 Å². The zero-order valence-corrected chi connectivity index (χ0v) is 9.62. The zero-order valence-electron chi connectivity index (χ0n) is 8.80. The van der Waals surface area contributed by atoms with Crippen LogP contribution in [0.4, 0.5) is 0 Å². The van der Waals surface area contributed by atoms with Crippen molar-refractivity contribution in [2.75, 3.05) is 20.7 Å². The van der Waals surface area contributed by atoms with Gasteiger partial charge in [0.05, 0.1) is 7.11 Å². The van der Waals surface area contributed by atoms with Crippen LogP contribution in [-0.2, 0) is 6.42 Å². The molecule has 0 unspecified atom stereocenters. The lowest BCUT2D eigenvalue weighted by Crippen LogP contribution is -2.09. The minimum Gasteiger partial charge on any atom is -0.496 e. The lowest BCUT2D eigenvalue weighted by molar-refractivity contribution is 0.412. The third kappa shape index (κ3) is 2.10. The highest BCUT2D eigenvalue weighted by Crippen LogP contribution is 2.46. The third-order valence-corrected chi connectivity index (χ3v) is 3.93. The summed E-state index contributed by atoms with van der Waals surface area (Å²) in [5, 5.41) is 3.17. The molecule has 0 radical (unpaired) electrons. The van der Waals surface area contributed by atoms with Crippen molar-refractivity contribution < 1.29 is 4.74 Å². The molecule has 1 aromatic rings. The van der Waals surface area contributed by atoms with E-state index in [-0.39, 0.29) is 0 Å². The average molecular weight is 211 g/mol. The Kier molecular flexibility index (Phi) is 3.08. The van der Waals surface area contributed by atoms with Gasteiger partial charge in [-0.15, -0.1) is 11.3 Å². The summed E-state index contributed by atoms with van der Waals surface area (Å²) in [6.45, 7) is 1.03. The van der Waals surface area contributed by atoms with Crippen LogP contribution < -0.4 is 10.1 Å². The molecule has 2 nitrogen and oxygen atoms in total. The first-order valence-corrected chi connectivity index (χ1v) is 5.98. The molecular formula is C11H17NOS. The van der Waals surface area contributed by atoms with Crippen molar-refractivity contribution in [2.24, 2.45) is 0 Å². The molecule has 1 aliphatic carbocycles. The summed E-state index contributed by atoms with van der Waals surface area (Å²) >= 11 is 1.93. The van der Waals surface area contributed by atoms with Gasteiger partial charge >= 0.3 is 0 Å². The topological polar surface area (TPSA) is 21.3 Å². The monoisotopic (exact) mass is 211 g/mol. The maximum Gasteiger partial charge on any atom is 0.133 e. The molecule has 78 valence electrons. The van der Waals surface area contributed by atoms with E-state index in [0.717, 1.165) is 24.6 Å². The van der Waals surface area contributed by atoms with E-state index in [1.54, 1.807) is 7.11 Å². The van der Waals surface area contributed by atoms with E-state index in [1.807, 2.05) is 18.4 Å². The fraction of sp³-hybridized carbons (Fsp3) is 0.636. The number of methoxy groups -OCH3 is 1. The van der Waals surface area contributed by atoms with Crippen molar-refractivity contribution in [3.63, 3.8) is 0 Å². The molecule has 0 spiro atoms. The molecule has 0 saturated heterocycles. The summed E-state index contributed by atoms with van der Waals surface area (Å²) in [7, 11) is 3.75. The van der Waals surface area contributed by atoms with Gasteiger partial charge in [0.2, 0.25) is 0 Å². The molecule has 1 fully saturated rings. The summed E-state index contributed by atoms with van der Waals surface area (Å²) in [6, 6.07) is 2.23. The number of nitrogens with one attached hydrogen (secondary N) is 1. The van der Waals surface area contributed by atoms with Crippen LogP contribution >= 0.6 is 11.3 Å². The number of ether oxygens (including phenoxy) is 1. The Morgan fingerprint density at radius 1 is 1.57 bits per heavy atom. The maximum absolute atomic E-state index is 5.38. The van der Waals surface area contributed by atoms with Crippen LogP contribution in [0, 0.1) is 0 Å². The highest BCUT2D eigenvalue weighted by molar-refractivity contribution is 7.12. The molecule has 0 amide bonds. The number of hydrogen-bond acceptors (Lipinski definition) is 3. The van der Waals surface area contributed by atoms with E-state index >= 15 is 0 Å². The van der Waals surface area contributed by atoms with Crippen LogP contribution in [0.15, 0.2) is 6.07 Å². The number of likely N-dealkylation sites (N-methyl/N-ethyl adjacent to an activating group) is 1. The zero-order chi connectivity index (χ0) is 9.97. The predicted molar refractivity (Wildman–Crippen MR) is 60.5 cm³/mol. The molecule has 0 bridgehead atoms. The van der Waals surface area contributed by atoms with E-state index in [2.05, 4.69) is 11.4 Å². The van der Waals surface area contributed by atoms with Crippen molar-refractivity contribution >= 4 is 11.3 Å². The second-order valence-corrected chi connectivity index (χ2v) is 4.94. The number of hydrogen-bond donors (Lipinski definition) is 1. The average Bonchev–Trinajstić information content (AvgIpc) is 2.97. The van der Waals surface area contributed by atoms with Crippen LogP contribution in [0.1, 0.15) is 28.5 Å². The van der Waals surface area contributed by atoms with Gasteiger partial charge in [0.15, 0.2) is 0 Å². The third-order valence-electron chi connectivity index (χ3n) is 2.59. The summed E-state index contributed by atoms with van der Waals surface area (Å²) < 4.78 is 5.38. The van der Waals surface area contributed by atoms with Crippen molar-refractivity contribution in [2.45, 2.75) is 25.2 Å². The fourth-order valence-corrected chi connectivity index (χ4v) is 2.89. The molecule has 1 heterocycles. The molecular weight excluding hydrogens is 194 g/mol. The number of thiophene rings is 1. The summed E-state index contributed by atoms with van der Waals surface area (Å²) in [5.41, 5.74) is 0. The highest BCUT2D eigenvalue weighted by Gasteiger charge is 2.26. The van der Waals surface area contributed by atoms with Crippen LogP contribution in [0.25, 0.3) is 0 Å². The Labute approximate surface area is 89.3 Å². The fourth-order valence-electron chi connectivity index (χ4n) is 1.59. The molecule has 0 aromatic carbocycles. The lowest BCUT2D eigenvalue weighted by atomic mass is 10.3. The van der Waals surface area contributed by atoms with Gasteiger partial charge in [-0.1, -0.05) is 0 Å². The van der Waals surface area contributed by atoms with Gasteiger partial charge < -0.3 is 10.1 Å². The molecule has 14 heavy (non-hydrogen) atoms. The maximum atomic E-state index is 5.38. The minimum absolute atomic E-state index is 0.845. The second-order valence-electron chi connectivity index (χ2n) is 3.77. The van der Waals surface area contributed by atoms with Gasteiger partial charge in [0.25, 0.3) is 0 Å². The SMILES string of the molecule is CNCCc1sc(C2CC2)cc1OC. The van der Waals surface area contributed by atoms with E-state index in [9.17, 15) is 0 Å². The van der Waals surface area contributed by atoms with Crippen molar-refractivity contribution in [1.82, 2.24) is 5.32 Å². The summed E-state index contributed by atoms with van der Waals surface area (Å²) in [5.74, 6) is 1.93. The van der Waals surface area contributed by atoms with E-state index in [4.69, 9.17) is 4.74 Å². The molecule has 1 aliphatic rings. The van der Waals surface area contributed by atoms with E-state index in [0.29, 0.717) is 0 Å². The van der Waals surface area contributed by atoms with Gasteiger partial charge in [-0.25, -0.2) is 0 Å². The first kappa shape index (κ1) is 9.99. The van der Waals surface area contributed by atoms with Crippen LogP contribution in [0.2, 0.25) is 0 Å². The first-order chi connectivity index (χ1) is 6.85. The lowest BCUT2D eigenvalue weighted by Gasteiger charge is -2.00. The van der Waals surface area contributed by atoms with Crippen molar-refractivity contribution in [1.29, 1.82) is 0 Å². The Morgan fingerprint density at radius 3 is 2.93 bits per heavy atom. The standard InChI is InChI=1S/C11H17NOS/c1-12-6-5-10-9(13-2)7-11(14-10)8-3-4-8/h7-8,12H,3-6H2,1-2H3. The predicted octanol–water partition coefficient (Wildman–Crippen LogP) is 2.40. The van der Waals surface area contributed by atoms with Crippen LogP contribution in [0.3, 0.4) is 0 Å². The minimum atomic E-state index is 0.845. The smallest absolute Gasteiger partial charge is 0.133 e. The summed E-state index contributed by atoms with van der Waals surface area (Å²) in [4.78, 5) is 2.91. The van der Waals surface area contributed by atoms with Crippen molar-refractivity contribution in [3.8, 4) is 5.75 Å². The first-order valence-electron chi connectivity index (χ1n) is 5.16. The molecule has 3 heteroatoms. The normalized spacial score (nSPS) is 15.9. The van der Waals surface area contributed by atoms with Gasteiger partial charge in [0, 0.05) is 9.75 Å². The van der Waals surface area contributed by atoms with Gasteiger partial charge in [-0.3, -0.25) is 0 Å². The highest BCUT2D eigenvalue weighted by atomic mass is 32.1. The van der Waals surface area contributed by atoms with E-state index < -0.39 is 0 Å². The van der Waals surface area contributed by atoms with Crippen LogP contribution in [-0.4, -0.2) is 20.7 Å². The second kappa shape index (κ2) is 4.32. The summed E-state index contributed by atoms with van der Waals surface area (Å²) in [6.07, 6.45) is 3.82. The molecule has 1 aromatic heterocycles. The Balaban J connectivity index is 2.10. The largest absolute Gasteiger partial charge is 0.496 e. The quantitative estimate of drug-likeness (QED) is 0.807. The van der Waals surface area contributed by atoms with Crippen LogP contribution in [0.5, 0.6) is 5.75 Å². The molecule has 0 aliphatic heterocycles. The van der Waals surface area contributed by atoms with Gasteiger partial charge in [0.1, 0.15) is 5.75 Å². The molecule has 0 atom stereocenters. The van der Waals surface area contributed by atoms with Gasteiger partial charge in [-0.2, -0.15) is 0 Å².